The molecule has 0 N–H and O–H groups in total. The summed E-state index contributed by atoms with van der Waals surface area (Å²) >= 11 is 0. The molecule has 1 aliphatic rings. The van der Waals surface area contributed by atoms with E-state index >= 15 is 0 Å². The van der Waals surface area contributed by atoms with Crippen molar-refractivity contribution in [3.05, 3.63) is 105 Å². The van der Waals surface area contributed by atoms with Crippen LogP contribution in [-0.2, 0) is 0 Å². The molecular formula is C24H17NO6. The summed E-state index contributed by atoms with van der Waals surface area (Å²) in [6, 6.07) is 18.0. The molecule has 0 aromatic heterocycles. The highest BCUT2D eigenvalue weighted by Crippen LogP contribution is 2.37. The molecule has 3 aromatic carbocycles. The number of ketones is 2. The third-order valence-electron chi connectivity index (χ3n) is 4.79. The molecule has 0 bridgehead atoms. The van der Waals surface area contributed by atoms with Crippen LogP contribution in [0.4, 0.5) is 5.69 Å². The molecule has 0 radical (unpaired) electrons. The van der Waals surface area contributed by atoms with E-state index in [2.05, 4.69) is 0 Å². The van der Waals surface area contributed by atoms with Crippen LogP contribution in [0.5, 0.6) is 11.5 Å². The second-order valence-corrected chi connectivity index (χ2v) is 6.98. The van der Waals surface area contributed by atoms with Crippen LogP contribution in [0.1, 0.15) is 31.8 Å². The summed E-state index contributed by atoms with van der Waals surface area (Å²) in [7, 11) is 0. The molecule has 154 valence electrons. The third-order valence-corrected chi connectivity index (χ3v) is 4.79. The lowest BCUT2D eigenvalue weighted by molar-refractivity contribution is -0.384. The lowest BCUT2D eigenvalue weighted by Crippen LogP contribution is -2.11. The fourth-order valence-corrected chi connectivity index (χ4v) is 3.30. The van der Waals surface area contributed by atoms with Crippen molar-refractivity contribution in [3.8, 4) is 11.5 Å². The van der Waals surface area contributed by atoms with E-state index in [1.165, 1.54) is 24.3 Å². The summed E-state index contributed by atoms with van der Waals surface area (Å²) in [6.45, 7) is 1.61. The number of carbonyl (C=O) groups is 2. The first-order valence-electron chi connectivity index (χ1n) is 9.47. The first-order chi connectivity index (χ1) is 14.9. The minimum Gasteiger partial charge on any atom is -0.485 e. The molecule has 0 saturated carbocycles. The summed E-state index contributed by atoms with van der Waals surface area (Å²) in [5, 5.41) is 11.0. The van der Waals surface area contributed by atoms with Crippen molar-refractivity contribution >= 4 is 23.3 Å². The Kier molecular flexibility index (Phi) is 5.32. The first kappa shape index (κ1) is 20.0. The number of hydrogen-bond acceptors (Lipinski definition) is 6. The summed E-state index contributed by atoms with van der Waals surface area (Å²) in [6.07, 6.45) is 1.47. The van der Waals surface area contributed by atoms with Crippen molar-refractivity contribution in [3.63, 3.8) is 0 Å². The van der Waals surface area contributed by atoms with Crippen LogP contribution in [0.15, 0.2) is 72.5 Å². The van der Waals surface area contributed by atoms with Gasteiger partial charge >= 0.3 is 0 Å². The van der Waals surface area contributed by atoms with E-state index in [4.69, 9.17) is 9.47 Å². The molecule has 1 heterocycles. The molecule has 31 heavy (non-hydrogen) atoms. The van der Waals surface area contributed by atoms with Gasteiger partial charge in [0.05, 0.1) is 10.5 Å². The zero-order chi connectivity index (χ0) is 22.0. The van der Waals surface area contributed by atoms with E-state index < -0.39 is 4.92 Å². The van der Waals surface area contributed by atoms with Gasteiger partial charge in [-0.05, 0) is 30.2 Å². The van der Waals surface area contributed by atoms with Crippen molar-refractivity contribution in [2.24, 2.45) is 0 Å². The second-order valence-electron chi connectivity index (χ2n) is 6.98. The van der Waals surface area contributed by atoms with Gasteiger partial charge < -0.3 is 9.47 Å². The van der Waals surface area contributed by atoms with Crippen molar-refractivity contribution in [1.82, 2.24) is 0 Å². The predicted octanol–water partition coefficient (Wildman–Crippen LogP) is 4.78. The van der Waals surface area contributed by atoms with Gasteiger partial charge in [0.25, 0.3) is 5.69 Å². The maximum absolute atomic E-state index is 12.8. The van der Waals surface area contributed by atoms with Crippen LogP contribution in [0.2, 0.25) is 0 Å². The first-order valence-corrected chi connectivity index (χ1v) is 9.47. The standard InChI is InChI=1S/C24H17NO6/c1-15-10-19(30-14-20(26)17-7-3-2-4-8-17)13-21-23(15)24(27)22(31-21)12-16-6-5-9-18(11-16)25(28)29/h2-13H,14H2,1H3/b22-12-. The average molecular weight is 415 g/mol. The number of nitro groups is 1. The molecule has 0 saturated heterocycles. The van der Waals surface area contributed by atoms with E-state index in [0.29, 0.717) is 33.8 Å². The smallest absolute Gasteiger partial charge is 0.270 e. The molecule has 0 aliphatic carbocycles. The minimum atomic E-state index is -0.501. The van der Waals surface area contributed by atoms with Gasteiger partial charge in [0.15, 0.2) is 18.1 Å². The van der Waals surface area contributed by atoms with Crippen molar-refractivity contribution in [2.75, 3.05) is 6.61 Å². The molecular weight excluding hydrogens is 398 g/mol. The summed E-state index contributed by atoms with van der Waals surface area (Å²) in [5.41, 5.74) is 2.00. The maximum atomic E-state index is 12.8. The summed E-state index contributed by atoms with van der Waals surface area (Å²) in [5.74, 6) is 0.317. The van der Waals surface area contributed by atoms with E-state index in [0.717, 1.165) is 0 Å². The molecule has 0 amide bonds. The number of ether oxygens (including phenoxy) is 2. The molecule has 3 aromatic rings. The third kappa shape index (κ3) is 4.20. The van der Waals surface area contributed by atoms with Gasteiger partial charge in [-0.3, -0.25) is 19.7 Å². The van der Waals surface area contributed by atoms with Gasteiger partial charge in [-0.15, -0.1) is 0 Å². The highest BCUT2D eigenvalue weighted by atomic mass is 16.6. The lowest BCUT2D eigenvalue weighted by atomic mass is 10.0. The molecule has 0 atom stereocenters. The second kappa shape index (κ2) is 8.23. The van der Waals surface area contributed by atoms with Gasteiger partial charge in [-0.2, -0.15) is 0 Å². The number of nitrogens with zero attached hydrogens (tertiary/aromatic N) is 1. The summed E-state index contributed by atoms with van der Waals surface area (Å²) in [4.78, 5) is 35.5. The molecule has 0 fully saturated rings. The van der Waals surface area contributed by atoms with Gasteiger partial charge in [0, 0.05) is 23.8 Å². The van der Waals surface area contributed by atoms with Crippen molar-refractivity contribution < 1.29 is 24.0 Å². The van der Waals surface area contributed by atoms with E-state index in [1.807, 2.05) is 6.07 Å². The van der Waals surface area contributed by atoms with Crippen molar-refractivity contribution in [2.45, 2.75) is 6.92 Å². The Morgan fingerprint density at radius 3 is 2.61 bits per heavy atom. The van der Waals surface area contributed by atoms with Gasteiger partial charge in [0.2, 0.25) is 5.78 Å². The zero-order valence-corrected chi connectivity index (χ0v) is 16.5. The number of nitro benzene ring substituents is 1. The Labute approximate surface area is 177 Å². The SMILES string of the molecule is Cc1cc(OCC(=O)c2ccccc2)cc2c1C(=O)/C(=C/c1cccc([N+](=O)[O-])c1)O2. The number of allylic oxidation sites excluding steroid dienone is 1. The van der Waals surface area contributed by atoms with Crippen LogP contribution < -0.4 is 9.47 Å². The number of carbonyl (C=O) groups excluding carboxylic acids is 2. The van der Waals surface area contributed by atoms with E-state index in [-0.39, 0.29) is 29.6 Å². The number of hydrogen-bond donors (Lipinski definition) is 0. The molecule has 7 heteroatoms. The number of fused-ring (bicyclic) bond motifs is 1. The van der Waals surface area contributed by atoms with Crippen LogP contribution in [0.25, 0.3) is 6.08 Å². The predicted molar refractivity (Wildman–Crippen MR) is 113 cm³/mol. The quantitative estimate of drug-likeness (QED) is 0.249. The summed E-state index contributed by atoms with van der Waals surface area (Å²) < 4.78 is 11.3. The Morgan fingerprint density at radius 1 is 1.10 bits per heavy atom. The molecule has 0 unspecified atom stereocenters. The average Bonchev–Trinajstić information content (AvgIpc) is 3.08. The number of rotatable bonds is 6. The Morgan fingerprint density at radius 2 is 1.87 bits per heavy atom. The van der Waals surface area contributed by atoms with Crippen LogP contribution in [0.3, 0.4) is 0 Å². The fourth-order valence-electron chi connectivity index (χ4n) is 3.30. The Balaban J connectivity index is 1.54. The van der Waals surface area contributed by atoms with Gasteiger partial charge in [-0.1, -0.05) is 42.5 Å². The van der Waals surface area contributed by atoms with Crippen molar-refractivity contribution in [1.29, 1.82) is 0 Å². The normalized spacial score (nSPS) is 13.6. The van der Waals surface area contributed by atoms with E-state index in [1.54, 1.807) is 49.4 Å². The Bertz CT molecular complexity index is 1230. The number of Topliss-reactive ketones (excluding diaryl/α,β-unsaturated/α-hetero) is 2. The molecule has 0 spiro atoms. The number of aryl methyl sites for hydroxylation is 1. The van der Waals surface area contributed by atoms with Crippen LogP contribution in [-0.4, -0.2) is 23.1 Å². The number of benzene rings is 3. The fraction of sp³-hybridized carbons (Fsp3) is 0.0833. The monoisotopic (exact) mass is 415 g/mol. The highest BCUT2D eigenvalue weighted by molar-refractivity contribution is 6.15. The maximum Gasteiger partial charge on any atom is 0.270 e. The van der Waals surface area contributed by atoms with Crippen LogP contribution >= 0.6 is 0 Å². The Hall–Kier alpha value is -4.26. The lowest BCUT2D eigenvalue weighted by Gasteiger charge is -2.08. The highest BCUT2D eigenvalue weighted by Gasteiger charge is 2.30. The largest absolute Gasteiger partial charge is 0.485 e. The molecule has 1 aliphatic heterocycles. The van der Waals surface area contributed by atoms with E-state index in [9.17, 15) is 19.7 Å². The number of non-ortho nitro benzene ring substituents is 1. The molecule has 7 nitrogen and oxygen atoms in total. The zero-order valence-electron chi connectivity index (χ0n) is 16.5. The topological polar surface area (TPSA) is 95.7 Å². The van der Waals surface area contributed by atoms with Gasteiger partial charge in [-0.25, -0.2) is 0 Å². The van der Waals surface area contributed by atoms with Gasteiger partial charge in [0.1, 0.15) is 11.5 Å². The minimum absolute atomic E-state index is 0.0658. The molecule has 4 rings (SSSR count). The van der Waals surface area contributed by atoms with Crippen LogP contribution in [0, 0.1) is 17.0 Å².